The Morgan fingerprint density at radius 2 is 2.20 bits per heavy atom. The van der Waals surface area contributed by atoms with Crippen molar-refractivity contribution in [1.29, 1.82) is 0 Å². The first kappa shape index (κ1) is 14.4. The number of hydrogen-bond acceptors (Lipinski definition) is 4. The van der Waals surface area contributed by atoms with Crippen LogP contribution in [-0.2, 0) is 27.2 Å². The fraction of sp³-hybridized carbons (Fsp3) is 0.467. The first-order valence-electron chi connectivity index (χ1n) is 6.77. The van der Waals surface area contributed by atoms with Crippen LogP contribution in [0.15, 0.2) is 18.2 Å². The molecule has 108 valence electrons. The molecule has 1 aliphatic rings. The Labute approximate surface area is 118 Å². The lowest BCUT2D eigenvalue weighted by Crippen LogP contribution is -2.26. The van der Waals surface area contributed by atoms with E-state index >= 15 is 0 Å². The molecule has 20 heavy (non-hydrogen) atoms. The molecule has 1 heterocycles. The largest absolute Gasteiger partial charge is 0.493 e. The van der Waals surface area contributed by atoms with Gasteiger partial charge in [-0.25, -0.2) is 0 Å². The molecule has 2 rings (SSSR count). The number of rotatable bonds is 6. The number of benzene rings is 1. The van der Waals surface area contributed by atoms with Crippen molar-refractivity contribution in [2.75, 3.05) is 20.3 Å². The van der Waals surface area contributed by atoms with Gasteiger partial charge in [-0.15, -0.1) is 0 Å². The first-order valence-corrected chi connectivity index (χ1v) is 6.77. The lowest BCUT2D eigenvalue weighted by Gasteiger charge is -2.06. The summed E-state index contributed by atoms with van der Waals surface area (Å²) < 4.78 is 9.93. The van der Waals surface area contributed by atoms with Gasteiger partial charge in [0.2, 0.25) is 5.91 Å². The summed E-state index contributed by atoms with van der Waals surface area (Å²) in [6.07, 6.45) is 2.02. The Kier molecular flexibility index (Phi) is 4.98. The van der Waals surface area contributed by atoms with Crippen molar-refractivity contribution < 1.29 is 19.1 Å². The number of carbonyl (C=O) groups is 2. The van der Waals surface area contributed by atoms with Gasteiger partial charge in [0.1, 0.15) is 5.75 Å². The first-order chi connectivity index (χ1) is 9.69. The maximum absolute atomic E-state index is 11.5. The molecule has 1 aromatic rings. The number of ether oxygens (including phenoxy) is 2. The molecule has 0 unspecified atom stereocenters. The van der Waals surface area contributed by atoms with Crippen LogP contribution in [0.5, 0.6) is 5.75 Å². The molecular weight excluding hydrogens is 258 g/mol. The van der Waals surface area contributed by atoms with Crippen molar-refractivity contribution in [1.82, 2.24) is 5.32 Å². The van der Waals surface area contributed by atoms with Crippen LogP contribution in [0.3, 0.4) is 0 Å². The van der Waals surface area contributed by atoms with E-state index in [1.165, 1.54) is 18.2 Å². The highest BCUT2D eigenvalue weighted by atomic mass is 16.5. The Morgan fingerprint density at radius 1 is 1.35 bits per heavy atom. The van der Waals surface area contributed by atoms with Gasteiger partial charge in [0.15, 0.2) is 0 Å². The van der Waals surface area contributed by atoms with Crippen molar-refractivity contribution in [2.24, 2.45) is 0 Å². The van der Waals surface area contributed by atoms with Crippen LogP contribution in [0, 0.1) is 0 Å². The average molecular weight is 277 g/mol. The quantitative estimate of drug-likeness (QED) is 0.794. The maximum Gasteiger partial charge on any atom is 0.306 e. The molecule has 1 amide bonds. The third-order valence-electron chi connectivity index (χ3n) is 3.27. The maximum atomic E-state index is 11.5. The van der Waals surface area contributed by atoms with E-state index in [2.05, 4.69) is 16.1 Å². The average Bonchev–Trinajstić information content (AvgIpc) is 2.92. The number of amides is 1. The molecule has 0 aromatic heterocycles. The van der Waals surface area contributed by atoms with Gasteiger partial charge in [-0.1, -0.05) is 12.1 Å². The molecule has 0 fully saturated rings. The third-order valence-corrected chi connectivity index (χ3v) is 3.27. The Hall–Kier alpha value is -2.04. The van der Waals surface area contributed by atoms with E-state index in [0.717, 1.165) is 25.2 Å². The van der Waals surface area contributed by atoms with Gasteiger partial charge < -0.3 is 14.8 Å². The van der Waals surface area contributed by atoms with Gasteiger partial charge >= 0.3 is 5.97 Å². The highest BCUT2D eigenvalue weighted by molar-refractivity contribution is 5.81. The molecule has 5 nitrogen and oxygen atoms in total. The minimum Gasteiger partial charge on any atom is -0.493 e. The molecule has 0 aliphatic carbocycles. The zero-order valence-electron chi connectivity index (χ0n) is 11.6. The lowest BCUT2D eigenvalue weighted by molar-refractivity contribution is -0.142. The number of esters is 1. The number of nitrogens with one attached hydrogen (secondary N) is 1. The highest BCUT2D eigenvalue weighted by Crippen LogP contribution is 2.25. The van der Waals surface area contributed by atoms with Crippen molar-refractivity contribution in [3.05, 3.63) is 29.3 Å². The smallest absolute Gasteiger partial charge is 0.306 e. The van der Waals surface area contributed by atoms with Gasteiger partial charge in [0, 0.05) is 19.4 Å². The highest BCUT2D eigenvalue weighted by Gasteiger charge is 2.12. The fourth-order valence-corrected chi connectivity index (χ4v) is 2.15. The molecule has 0 radical (unpaired) electrons. The number of carbonyl (C=O) groups excluding carboxylic acids is 2. The van der Waals surface area contributed by atoms with E-state index in [4.69, 9.17) is 4.74 Å². The summed E-state index contributed by atoms with van der Waals surface area (Å²) in [4.78, 5) is 22.4. The van der Waals surface area contributed by atoms with Gasteiger partial charge in [0.05, 0.1) is 20.1 Å². The summed E-state index contributed by atoms with van der Waals surface area (Å²) in [6, 6.07) is 6.13. The molecule has 0 saturated carbocycles. The normalized spacial score (nSPS) is 12.4. The summed E-state index contributed by atoms with van der Waals surface area (Å²) in [5.74, 6) is 0.481. The van der Waals surface area contributed by atoms with Crippen LogP contribution in [0.2, 0.25) is 0 Å². The second kappa shape index (κ2) is 6.93. The molecule has 1 aromatic carbocycles. The topological polar surface area (TPSA) is 64.6 Å². The molecule has 0 bridgehead atoms. The zero-order chi connectivity index (χ0) is 14.4. The minimum atomic E-state index is -0.362. The molecule has 1 N–H and O–H groups in total. The number of hydrogen-bond donors (Lipinski definition) is 1. The van der Waals surface area contributed by atoms with Crippen LogP contribution in [0.1, 0.15) is 24.0 Å². The van der Waals surface area contributed by atoms with E-state index in [0.29, 0.717) is 6.54 Å². The monoisotopic (exact) mass is 277 g/mol. The van der Waals surface area contributed by atoms with Crippen molar-refractivity contribution in [2.45, 2.75) is 25.7 Å². The van der Waals surface area contributed by atoms with E-state index in [1.807, 2.05) is 12.1 Å². The summed E-state index contributed by atoms with van der Waals surface area (Å²) >= 11 is 0. The molecule has 0 atom stereocenters. The van der Waals surface area contributed by atoms with Crippen LogP contribution < -0.4 is 10.1 Å². The standard InChI is InChI=1S/C15H19NO4/c1-19-15(18)5-4-14(17)16-8-6-11-2-3-13-12(10-11)7-9-20-13/h2-3,10H,4-9H2,1H3,(H,16,17). The van der Waals surface area contributed by atoms with Crippen LogP contribution >= 0.6 is 0 Å². The Balaban J connectivity index is 1.70. The molecule has 0 saturated heterocycles. The van der Waals surface area contributed by atoms with Crippen LogP contribution in [0.25, 0.3) is 0 Å². The van der Waals surface area contributed by atoms with Gasteiger partial charge in [-0.3, -0.25) is 9.59 Å². The predicted molar refractivity (Wildman–Crippen MR) is 73.6 cm³/mol. The van der Waals surface area contributed by atoms with E-state index in [1.54, 1.807) is 0 Å². The van der Waals surface area contributed by atoms with Crippen molar-refractivity contribution >= 4 is 11.9 Å². The summed E-state index contributed by atoms with van der Waals surface area (Å²) in [5, 5.41) is 2.80. The van der Waals surface area contributed by atoms with E-state index in [-0.39, 0.29) is 24.7 Å². The van der Waals surface area contributed by atoms with E-state index in [9.17, 15) is 9.59 Å². The van der Waals surface area contributed by atoms with Crippen molar-refractivity contribution in [3.63, 3.8) is 0 Å². The van der Waals surface area contributed by atoms with Gasteiger partial charge in [-0.05, 0) is 23.6 Å². The Morgan fingerprint density at radius 3 is 3.00 bits per heavy atom. The van der Waals surface area contributed by atoms with Crippen molar-refractivity contribution in [3.8, 4) is 5.75 Å². The molecule has 5 heteroatoms. The molecule has 0 spiro atoms. The van der Waals surface area contributed by atoms with Crippen LogP contribution in [0.4, 0.5) is 0 Å². The number of methoxy groups -OCH3 is 1. The van der Waals surface area contributed by atoms with Gasteiger partial charge in [-0.2, -0.15) is 0 Å². The lowest BCUT2D eigenvalue weighted by atomic mass is 10.1. The molecule has 1 aliphatic heterocycles. The summed E-state index contributed by atoms with van der Waals surface area (Å²) in [7, 11) is 1.32. The minimum absolute atomic E-state index is 0.124. The Bertz CT molecular complexity index is 499. The molecular formula is C15H19NO4. The third kappa shape index (κ3) is 3.98. The zero-order valence-corrected chi connectivity index (χ0v) is 11.6. The fourth-order valence-electron chi connectivity index (χ4n) is 2.15. The second-order valence-corrected chi connectivity index (χ2v) is 4.72. The SMILES string of the molecule is COC(=O)CCC(=O)NCCc1ccc2c(c1)CCO2. The summed E-state index contributed by atoms with van der Waals surface area (Å²) in [6.45, 7) is 1.32. The predicted octanol–water partition coefficient (Wildman–Crippen LogP) is 1.23. The van der Waals surface area contributed by atoms with E-state index < -0.39 is 0 Å². The summed E-state index contributed by atoms with van der Waals surface area (Å²) in [5.41, 5.74) is 2.42. The number of fused-ring (bicyclic) bond motifs is 1. The van der Waals surface area contributed by atoms with Gasteiger partial charge in [0.25, 0.3) is 0 Å². The van der Waals surface area contributed by atoms with Crippen LogP contribution in [-0.4, -0.2) is 32.1 Å². The second-order valence-electron chi connectivity index (χ2n) is 4.72.